The highest BCUT2D eigenvalue weighted by molar-refractivity contribution is 7.98. The van der Waals surface area contributed by atoms with Crippen molar-refractivity contribution in [3.8, 4) is 11.5 Å². The van der Waals surface area contributed by atoms with Crippen LogP contribution in [0.3, 0.4) is 0 Å². The number of benzene rings is 3. The summed E-state index contributed by atoms with van der Waals surface area (Å²) in [7, 11) is 1.61. The topological polar surface area (TPSA) is 47.6 Å². The number of rotatable bonds is 8. The highest BCUT2D eigenvalue weighted by Crippen LogP contribution is 2.25. The molecule has 0 fully saturated rings. The number of thioether (sulfide) groups is 1. The number of anilines is 1. The molecule has 3 aromatic carbocycles. The van der Waals surface area contributed by atoms with Crippen LogP contribution in [0.4, 0.5) is 5.69 Å². The van der Waals surface area contributed by atoms with Crippen LogP contribution in [0, 0.1) is 6.92 Å². The third kappa shape index (κ3) is 6.03. The van der Waals surface area contributed by atoms with Crippen LogP contribution in [0.1, 0.15) is 18.1 Å². The molecule has 1 atom stereocenters. The number of hydrogen-bond acceptors (Lipinski definition) is 4. The first-order valence-corrected chi connectivity index (χ1v) is 10.4. The predicted octanol–water partition coefficient (Wildman–Crippen LogP) is 5.70. The molecule has 0 bridgehead atoms. The minimum absolute atomic E-state index is 0.185. The van der Waals surface area contributed by atoms with Gasteiger partial charge in [0.15, 0.2) is 6.10 Å². The van der Waals surface area contributed by atoms with Gasteiger partial charge in [0.25, 0.3) is 5.91 Å². The summed E-state index contributed by atoms with van der Waals surface area (Å²) in [6.07, 6.45) is -0.615. The summed E-state index contributed by atoms with van der Waals surface area (Å²) in [5.41, 5.74) is 3.05. The SMILES string of the molecule is COc1ccc(O[C@@H](C)C(=O)Nc2ccc(CSc3ccccc3)cc2C)cc1. The van der Waals surface area contributed by atoms with Crippen molar-refractivity contribution in [2.24, 2.45) is 0 Å². The zero-order chi connectivity index (χ0) is 20.6. The summed E-state index contributed by atoms with van der Waals surface area (Å²) in [5.74, 6) is 2.07. The normalized spacial score (nSPS) is 11.6. The van der Waals surface area contributed by atoms with Crippen molar-refractivity contribution in [2.45, 2.75) is 30.6 Å². The Hall–Kier alpha value is -2.92. The summed E-state index contributed by atoms with van der Waals surface area (Å²) >= 11 is 1.79. The summed E-state index contributed by atoms with van der Waals surface area (Å²) in [6.45, 7) is 3.74. The Morgan fingerprint density at radius 1 is 1.00 bits per heavy atom. The van der Waals surface area contributed by atoms with Crippen LogP contribution >= 0.6 is 11.8 Å². The first kappa shape index (κ1) is 20.8. The van der Waals surface area contributed by atoms with E-state index in [4.69, 9.17) is 9.47 Å². The fraction of sp³-hybridized carbons (Fsp3) is 0.208. The van der Waals surface area contributed by atoms with E-state index < -0.39 is 6.10 Å². The van der Waals surface area contributed by atoms with Crippen molar-refractivity contribution < 1.29 is 14.3 Å². The van der Waals surface area contributed by atoms with E-state index in [1.807, 2.05) is 37.3 Å². The molecule has 1 amide bonds. The maximum atomic E-state index is 12.5. The fourth-order valence-corrected chi connectivity index (χ4v) is 3.65. The first-order valence-electron chi connectivity index (χ1n) is 9.44. The second kappa shape index (κ2) is 10.0. The molecule has 0 aliphatic carbocycles. The molecule has 0 aromatic heterocycles. The molecule has 5 heteroatoms. The lowest BCUT2D eigenvalue weighted by molar-refractivity contribution is -0.122. The molecule has 0 saturated heterocycles. The number of ether oxygens (including phenoxy) is 2. The molecule has 3 rings (SSSR count). The zero-order valence-electron chi connectivity index (χ0n) is 16.8. The van der Waals surface area contributed by atoms with Gasteiger partial charge in [0.05, 0.1) is 7.11 Å². The Labute approximate surface area is 176 Å². The molecule has 0 aliphatic rings. The van der Waals surface area contributed by atoms with Crippen LogP contribution in [0.5, 0.6) is 11.5 Å². The van der Waals surface area contributed by atoms with E-state index >= 15 is 0 Å². The number of hydrogen-bond donors (Lipinski definition) is 1. The van der Waals surface area contributed by atoms with Gasteiger partial charge < -0.3 is 14.8 Å². The van der Waals surface area contributed by atoms with Gasteiger partial charge in [-0.25, -0.2) is 0 Å². The minimum Gasteiger partial charge on any atom is -0.497 e. The molecule has 0 aliphatic heterocycles. The zero-order valence-corrected chi connectivity index (χ0v) is 17.7. The lowest BCUT2D eigenvalue weighted by atomic mass is 10.1. The second-order valence-corrected chi connectivity index (χ2v) is 7.72. The summed E-state index contributed by atoms with van der Waals surface area (Å²) in [4.78, 5) is 13.8. The number of aryl methyl sites for hydroxylation is 1. The summed E-state index contributed by atoms with van der Waals surface area (Å²) < 4.78 is 10.9. The van der Waals surface area contributed by atoms with Crippen molar-refractivity contribution in [3.05, 3.63) is 83.9 Å². The molecule has 0 unspecified atom stereocenters. The van der Waals surface area contributed by atoms with E-state index in [1.54, 1.807) is 50.1 Å². The smallest absolute Gasteiger partial charge is 0.265 e. The Morgan fingerprint density at radius 2 is 1.69 bits per heavy atom. The van der Waals surface area contributed by atoms with E-state index in [0.29, 0.717) is 5.75 Å². The number of nitrogens with one attached hydrogen (secondary N) is 1. The van der Waals surface area contributed by atoms with E-state index in [2.05, 4.69) is 23.5 Å². The molecule has 4 nitrogen and oxygen atoms in total. The van der Waals surface area contributed by atoms with Crippen LogP contribution in [0.15, 0.2) is 77.7 Å². The summed E-state index contributed by atoms with van der Waals surface area (Å²) in [5, 5.41) is 2.96. The van der Waals surface area contributed by atoms with E-state index in [1.165, 1.54) is 10.5 Å². The molecule has 0 heterocycles. The molecule has 150 valence electrons. The highest BCUT2D eigenvalue weighted by atomic mass is 32.2. The van der Waals surface area contributed by atoms with Gasteiger partial charge in [-0.05, 0) is 67.4 Å². The van der Waals surface area contributed by atoms with Crippen molar-refractivity contribution in [2.75, 3.05) is 12.4 Å². The lowest BCUT2D eigenvalue weighted by Crippen LogP contribution is -2.30. The van der Waals surface area contributed by atoms with Crippen molar-refractivity contribution in [1.29, 1.82) is 0 Å². The minimum atomic E-state index is -0.615. The molecule has 0 saturated carbocycles. The number of carbonyl (C=O) groups excluding carboxylic acids is 1. The van der Waals surface area contributed by atoms with Crippen LogP contribution in [0.2, 0.25) is 0 Å². The molecule has 29 heavy (non-hydrogen) atoms. The van der Waals surface area contributed by atoms with Gasteiger partial charge in [-0.1, -0.05) is 30.3 Å². The number of carbonyl (C=O) groups is 1. The second-order valence-electron chi connectivity index (χ2n) is 6.68. The maximum Gasteiger partial charge on any atom is 0.265 e. The molecule has 0 radical (unpaired) electrons. The third-order valence-electron chi connectivity index (χ3n) is 4.44. The molecular weight excluding hydrogens is 382 g/mol. The van der Waals surface area contributed by atoms with E-state index in [0.717, 1.165) is 22.8 Å². The van der Waals surface area contributed by atoms with Gasteiger partial charge in [0.2, 0.25) is 0 Å². The van der Waals surface area contributed by atoms with Gasteiger partial charge >= 0.3 is 0 Å². The average Bonchev–Trinajstić information content (AvgIpc) is 2.75. The molecular formula is C24H25NO3S. The Kier molecular flexibility index (Phi) is 7.19. The third-order valence-corrected chi connectivity index (χ3v) is 5.52. The fourth-order valence-electron chi connectivity index (χ4n) is 2.79. The van der Waals surface area contributed by atoms with Crippen LogP contribution in [0.25, 0.3) is 0 Å². The van der Waals surface area contributed by atoms with Gasteiger partial charge in [0.1, 0.15) is 11.5 Å². The van der Waals surface area contributed by atoms with Gasteiger partial charge in [-0.15, -0.1) is 11.8 Å². The van der Waals surface area contributed by atoms with Crippen molar-refractivity contribution in [1.82, 2.24) is 0 Å². The maximum absolute atomic E-state index is 12.5. The van der Waals surface area contributed by atoms with E-state index in [9.17, 15) is 4.79 Å². The first-order chi connectivity index (χ1) is 14.0. The largest absolute Gasteiger partial charge is 0.497 e. The summed E-state index contributed by atoms with van der Waals surface area (Å²) in [6, 6.07) is 23.6. The van der Waals surface area contributed by atoms with Crippen LogP contribution in [-0.2, 0) is 10.5 Å². The lowest BCUT2D eigenvalue weighted by Gasteiger charge is -2.16. The highest BCUT2D eigenvalue weighted by Gasteiger charge is 2.16. The van der Waals surface area contributed by atoms with Crippen LogP contribution < -0.4 is 14.8 Å². The molecule has 1 N–H and O–H groups in total. The van der Waals surface area contributed by atoms with Crippen LogP contribution in [-0.4, -0.2) is 19.1 Å². The molecule has 0 spiro atoms. The van der Waals surface area contributed by atoms with Gasteiger partial charge in [0, 0.05) is 16.3 Å². The van der Waals surface area contributed by atoms with Gasteiger partial charge in [-0.2, -0.15) is 0 Å². The molecule has 3 aromatic rings. The average molecular weight is 408 g/mol. The Bertz CT molecular complexity index is 942. The Morgan fingerprint density at radius 3 is 2.34 bits per heavy atom. The monoisotopic (exact) mass is 407 g/mol. The van der Waals surface area contributed by atoms with Gasteiger partial charge in [-0.3, -0.25) is 4.79 Å². The Balaban J connectivity index is 1.56. The van der Waals surface area contributed by atoms with E-state index in [-0.39, 0.29) is 5.91 Å². The number of amides is 1. The number of methoxy groups -OCH3 is 1. The predicted molar refractivity (Wildman–Crippen MR) is 119 cm³/mol. The standard InChI is InChI=1S/C24H25NO3S/c1-17-15-19(16-29-22-7-5-4-6-8-22)9-14-23(17)25-24(26)18(2)28-21-12-10-20(27-3)11-13-21/h4-15,18H,16H2,1-3H3,(H,25,26)/t18-/m0/s1. The van der Waals surface area contributed by atoms with Crippen molar-refractivity contribution >= 4 is 23.4 Å². The quantitative estimate of drug-likeness (QED) is 0.487. The van der Waals surface area contributed by atoms with Crippen molar-refractivity contribution in [3.63, 3.8) is 0 Å².